The lowest BCUT2D eigenvalue weighted by Crippen LogP contribution is -2.48. The monoisotopic (exact) mass is 239 g/mol. The molecule has 0 spiro atoms. The zero-order valence-electron chi connectivity index (χ0n) is 9.71. The van der Waals surface area contributed by atoms with Crippen molar-refractivity contribution in [3.8, 4) is 0 Å². The number of nitrogens with one attached hydrogen (secondary N) is 1. The van der Waals surface area contributed by atoms with Crippen molar-refractivity contribution in [3.05, 3.63) is 21.4 Å². The minimum absolute atomic E-state index is 0.0451. The fourth-order valence-electron chi connectivity index (χ4n) is 1.72. The first-order valence-corrected chi connectivity index (χ1v) is 6.50. The lowest BCUT2D eigenvalue weighted by molar-refractivity contribution is -0.00339. The smallest absolute Gasteiger partial charge is 0.261 e. The lowest BCUT2D eigenvalue weighted by atomic mass is 10.1. The Morgan fingerprint density at radius 3 is 2.94 bits per heavy atom. The first kappa shape index (κ1) is 11.6. The van der Waals surface area contributed by atoms with Crippen LogP contribution in [0, 0.1) is 6.92 Å². The molecule has 1 fully saturated rings. The van der Waals surface area contributed by atoms with Gasteiger partial charge in [-0.1, -0.05) is 13.3 Å². The SMILES string of the molecule is CCCc1cc(C(=O)NC2COC2)sc1C. The third-order valence-corrected chi connectivity index (χ3v) is 3.83. The van der Waals surface area contributed by atoms with E-state index in [0.29, 0.717) is 13.2 Å². The number of ether oxygens (including phenoxy) is 1. The molecule has 2 rings (SSSR count). The fraction of sp³-hybridized carbons (Fsp3) is 0.583. The summed E-state index contributed by atoms with van der Waals surface area (Å²) in [6, 6.07) is 2.24. The van der Waals surface area contributed by atoms with Gasteiger partial charge in [-0.15, -0.1) is 11.3 Å². The molecule has 4 heteroatoms. The van der Waals surface area contributed by atoms with Crippen molar-refractivity contribution < 1.29 is 9.53 Å². The van der Waals surface area contributed by atoms with Crippen LogP contribution in [0.5, 0.6) is 0 Å². The second kappa shape index (κ2) is 4.97. The highest BCUT2D eigenvalue weighted by molar-refractivity contribution is 7.14. The standard InChI is InChI=1S/C12H17NO2S/c1-3-4-9-5-11(16-8(9)2)12(14)13-10-6-15-7-10/h5,10H,3-4,6-7H2,1-2H3,(H,13,14). The molecule has 1 amide bonds. The zero-order valence-corrected chi connectivity index (χ0v) is 10.5. The highest BCUT2D eigenvalue weighted by atomic mass is 32.1. The molecular formula is C12H17NO2S. The maximum atomic E-state index is 11.9. The summed E-state index contributed by atoms with van der Waals surface area (Å²) < 4.78 is 5.03. The molecule has 1 saturated heterocycles. The summed E-state index contributed by atoms with van der Waals surface area (Å²) in [5.41, 5.74) is 1.31. The molecule has 0 aromatic carbocycles. The Morgan fingerprint density at radius 2 is 2.38 bits per heavy atom. The molecule has 2 heterocycles. The number of rotatable bonds is 4. The number of hydrogen-bond donors (Lipinski definition) is 1. The van der Waals surface area contributed by atoms with E-state index in [0.717, 1.165) is 17.7 Å². The third-order valence-electron chi connectivity index (χ3n) is 2.74. The summed E-state index contributed by atoms with van der Waals surface area (Å²) in [6.45, 7) is 5.54. The Bertz CT molecular complexity index is 382. The highest BCUT2D eigenvalue weighted by Crippen LogP contribution is 2.23. The maximum absolute atomic E-state index is 11.9. The molecular weight excluding hydrogens is 222 g/mol. The summed E-state index contributed by atoms with van der Waals surface area (Å²) in [4.78, 5) is 13.9. The molecule has 1 aromatic heterocycles. The first-order valence-electron chi connectivity index (χ1n) is 5.68. The molecule has 1 aliphatic rings. The van der Waals surface area contributed by atoms with Gasteiger partial charge in [0, 0.05) is 4.88 Å². The van der Waals surface area contributed by atoms with Crippen LogP contribution >= 0.6 is 11.3 Å². The molecule has 1 aromatic rings. The van der Waals surface area contributed by atoms with Crippen LogP contribution in [0.25, 0.3) is 0 Å². The van der Waals surface area contributed by atoms with Gasteiger partial charge >= 0.3 is 0 Å². The summed E-state index contributed by atoms with van der Waals surface area (Å²) in [6.07, 6.45) is 2.18. The van der Waals surface area contributed by atoms with Crippen LogP contribution in [-0.4, -0.2) is 25.2 Å². The van der Waals surface area contributed by atoms with Gasteiger partial charge in [0.2, 0.25) is 0 Å². The highest BCUT2D eigenvalue weighted by Gasteiger charge is 2.22. The van der Waals surface area contributed by atoms with E-state index in [4.69, 9.17) is 4.74 Å². The lowest BCUT2D eigenvalue weighted by Gasteiger charge is -2.26. The minimum atomic E-state index is 0.0451. The van der Waals surface area contributed by atoms with Crippen molar-refractivity contribution in [1.29, 1.82) is 0 Å². The minimum Gasteiger partial charge on any atom is -0.377 e. The van der Waals surface area contributed by atoms with Crippen LogP contribution in [-0.2, 0) is 11.2 Å². The molecule has 1 aliphatic heterocycles. The topological polar surface area (TPSA) is 38.3 Å². The maximum Gasteiger partial charge on any atom is 0.261 e. The Kier molecular flexibility index (Phi) is 3.61. The quantitative estimate of drug-likeness (QED) is 0.874. The molecule has 0 unspecified atom stereocenters. The number of aryl methyl sites for hydroxylation is 2. The van der Waals surface area contributed by atoms with Crippen molar-refractivity contribution >= 4 is 17.2 Å². The van der Waals surface area contributed by atoms with E-state index < -0.39 is 0 Å². The number of amides is 1. The van der Waals surface area contributed by atoms with E-state index in [9.17, 15) is 4.79 Å². The van der Waals surface area contributed by atoms with E-state index in [-0.39, 0.29) is 11.9 Å². The van der Waals surface area contributed by atoms with Gasteiger partial charge in [0.1, 0.15) is 0 Å². The molecule has 0 atom stereocenters. The van der Waals surface area contributed by atoms with Gasteiger partial charge in [-0.05, 0) is 25.0 Å². The van der Waals surface area contributed by atoms with Crippen LogP contribution in [0.1, 0.15) is 33.5 Å². The summed E-state index contributed by atoms with van der Waals surface area (Å²) in [5, 5.41) is 2.96. The molecule has 0 saturated carbocycles. The van der Waals surface area contributed by atoms with Gasteiger partial charge in [-0.25, -0.2) is 0 Å². The number of hydrogen-bond acceptors (Lipinski definition) is 3. The predicted molar refractivity (Wildman–Crippen MR) is 65.1 cm³/mol. The Balaban J connectivity index is 2.01. The van der Waals surface area contributed by atoms with E-state index >= 15 is 0 Å². The molecule has 88 valence electrons. The molecule has 0 bridgehead atoms. The van der Waals surface area contributed by atoms with Crippen molar-refractivity contribution in [1.82, 2.24) is 5.32 Å². The number of thiophene rings is 1. The number of carbonyl (C=O) groups is 1. The Labute approximate surface area is 99.8 Å². The normalized spacial score (nSPS) is 15.9. The van der Waals surface area contributed by atoms with Crippen LogP contribution < -0.4 is 5.32 Å². The second-order valence-corrected chi connectivity index (χ2v) is 5.41. The van der Waals surface area contributed by atoms with E-state index in [1.165, 1.54) is 10.4 Å². The molecule has 0 radical (unpaired) electrons. The summed E-state index contributed by atoms with van der Waals surface area (Å²) >= 11 is 1.59. The summed E-state index contributed by atoms with van der Waals surface area (Å²) in [7, 11) is 0. The summed E-state index contributed by atoms with van der Waals surface area (Å²) in [5.74, 6) is 0.0451. The third kappa shape index (κ3) is 2.44. The van der Waals surface area contributed by atoms with Crippen LogP contribution in [0.4, 0.5) is 0 Å². The molecule has 3 nitrogen and oxygen atoms in total. The van der Waals surface area contributed by atoms with Crippen LogP contribution in [0.15, 0.2) is 6.07 Å². The van der Waals surface area contributed by atoms with E-state index in [2.05, 4.69) is 19.2 Å². The molecule has 1 N–H and O–H groups in total. The van der Waals surface area contributed by atoms with Gasteiger partial charge in [0.25, 0.3) is 5.91 Å². The predicted octanol–water partition coefficient (Wildman–Crippen LogP) is 2.14. The molecule has 16 heavy (non-hydrogen) atoms. The van der Waals surface area contributed by atoms with Crippen molar-refractivity contribution in [2.45, 2.75) is 32.7 Å². The first-order chi connectivity index (χ1) is 7.70. The van der Waals surface area contributed by atoms with Crippen molar-refractivity contribution in [2.24, 2.45) is 0 Å². The van der Waals surface area contributed by atoms with Gasteiger partial charge in [-0.3, -0.25) is 4.79 Å². The Hall–Kier alpha value is -0.870. The van der Waals surface area contributed by atoms with Crippen molar-refractivity contribution in [2.75, 3.05) is 13.2 Å². The van der Waals surface area contributed by atoms with Gasteiger partial charge in [0.15, 0.2) is 0 Å². The van der Waals surface area contributed by atoms with Crippen LogP contribution in [0.3, 0.4) is 0 Å². The largest absolute Gasteiger partial charge is 0.377 e. The second-order valence-electron chi connectivity index (χ2n) is 4.15. The fourth-order valence-corrected chi connectivity index (χ4v) is 2.70. The Morgan fingerprint density at radius 1 is 1.62 bits per heavy atom. The zero-order chi connectivity index (χ0) is 11.5. The van der Waals surface area contributed by atoms with E-state index in [1.807, 2.05) is 6.07 Å². The van der Waals surface area contributed by atoms with Crippen LogP contribution in [0.2, 0.25) is 0 Å². The average molecular weight is 239 g/mol. The van der Waals surface area contributed by atoms with Crippen molar-refractivity contribution in [3.63, 3.8) is 0 Å². The molecule has 0 aliphatic carbocycles. The average Bonchev–Trinajstić information content (AvgIpc) is 2.55. The van der Waals surface area contributed by atoms with Gasteiger partial charge in [0.05, 0.1) is 24.1 Å². The van der Waals surface area contributed by atoms with Gasteiger partial charge in [-0.2, -0.15) is 0 Å². The van der Waals surface area contributed by atoms with Gasteiger partial charge < -0.3 is 10.1 Å². The number of carbonyl (C=O) groups excluding carboxylic acids is 1. The van der Waals surface area contributed by atoms with E-state index in [1.54, 1.807) is 11.3 Å².